The average Bonchev–Trinajstić information content (AvgIpc) is 3.14. The Hall–Kier alpha value is -3.13. The zero-order valence-corrected chi connectivity index (χ0v) is 16.3. The van der Waals surface area contributed by atoms with Gasteiger partial charge in [0.25, 0.3) is 0 Å². The van der Waals surface area contributed by atoms with Crippen LogP contribution in [0.5, 0.6) is 5.75 Å². The molecule has 0 atom stereocenters. The third-order valence-electron chi connectivity index (χ3n) is 4.03. The van der Waals surface area contributed by atoms with E-state index < -0.39 is 15.8 Å². The molecule has 8 heteroatoms. The van der Waals surface area contributed by atoms with Gasteiger partial charge in [-0.25, -0.2) is 13.2 Å². The van der Waals surface area contributed by atoms with E-state index in [2.05, 4.69) is 5.10 Å². The molecule has 0 radical (unpaired) electrons. The summed E-state index contributed by atoms with van der Waals surface area (Å²) in [6, 6.07) is 15.2. The van der Waals surface area contributed by atoms with Crippen LogP contribution < -0.4 is 4.74 Å². The van der Waals surface area contributed by atoms with E-state index in [0.717, 1.165) is 5.56 Å². The highest BCUT2D eigenvalue weighted by atomic mass is 32.2. The molecule has 0 bridgehead atoms. The van der Waals surface area contributed by atoms with Crippen molar-refractivity contribution in [3.8, 4) is 5.75 Å². The molecule has 3 rings (SSSR count). The maximum Gasteiger partial charge on any atom is 0.342 e. The summed E-state index contributed by atoms with van der Waals surface area (Å²) in [6.45, 7) is 2.08. The van der Waals surface area contributed by atoms with Crippen molar-refractivity contribution in [2.24, 2.45) is 0 Å². The molecule has 1 heterocycles. The second-order valence-corrected chi connectivity index (χ2v) is 7.80. The fraction of sp³-hybridized carbons (Fsp3) is 0.200. The molecular weight excluding hydrogens is 380 g/mol. The Labute approximate surface area is 163 Å². The van der Waals surface area contributed by atoms with Crippen molar-refractivity contribution < 1.29 is 22.7 Å². The van der Waals surface area contributed by atoms with Gasteiger partial charge in [-0.15, -0.1) is 0 Å². The van der Waals surface area contributed by atoms with Crippen LogP contribution in [0, 0.1) is 0 Å². The van der Waals surface area contributed by atoms with Crippen LogP contribution in [0.2, 0.25) is 0 Å². The zero-order chi connectivity index (χ0) is 20.1. The van der Waals surface area contributed by atoms with E-state index in [1.54, 1.807) is 44.4 Å². The maximum absolute atomic E-state index is 13.0. The normalized spacial score (nSPS) is 11.2. The largest absolute Gasteiger partial charge is 0.497 e. The van der Waals surface area contributed by atoms with Crippen LogP contribution in [0.4, 0.5) is 0 Å². The lowest BCUT2D eigenvalue weighted by molar-refractivity contribution is 0.0521. The van der Waals surface area contributed by atoms with E-state index in [9.17, 15) is 13.2 Å². The summed E-state index contributed by atoms with van der Waals surface area (Å²) in [7, 11) is -2.39. The van der Waals surface area contributed by atoms with E-state index in [-0.39, 0.29) is 22.1 Å². The lowest BCUT2D eigenvalue weighted by Gasteiger charge is -2.04. The van der Waals surface area contributed by atoms with Gasteiger partial charge in [-0.3, -0.25) is 4.68 Å². The Morgan fingerprint density at radius 2 is 1.75 bits per heavy atom. The molecule has 2 aromatic carbocycles. The minimum absolute atomic E-state index is 0.0650. The summed E-state index contributed by atoms with van der Waals surface area (Å²) in [5, 5.41) is 3.88. The summed E-state index contributed by atoms with van der Waals surface area (Å²) >= 11 is 0. The van der Waals surface area contributed by atoms with Gasteiger partial charge in [0.2, 0.25) is 9.84 Å². The summed E-state index contributed by atoms with van der Waals surface area (Å²) in [5.74, 6) is -0.0123. The Balaban J connectivity index is 2.02. The summed E-state index contributed by atoms with van der Waals surface area (Å²) in [5.41, 5.74) is 0.793. The Kier molecular flexibility index (Phi) is 5.79. The molecule has 0 spiro atoms. The minimum atomic E-state index is -3.97. The Bertz CT molecular complexity index is 1060. The van der Waals surface area contributed by atoms with Crippen molar-refractivity contribution in [1.82, 2.24) is 9.78 Å². The van der Waals surface area contributed by atoms with Crippen LogP contribution in [0.3, 0.4) is 0 Å². The lowest BCUT2D eigenvalue weighted by atomic mass is 10.2. The molecule has 1 aromatic heterocycles. The van der Waals surface area contributed by atoms with Gasteiger partial charge in [0.05, 0.1) is 25.2 Å². The predicted molar refractivity (Wildman–Crippen MR) is 102 cm³/mol. The van der Waals surface area contributed by atoms with Crippen molar-refractivity contribution >= 4 is 15.8 Å². The number of methoxy groups -OCH3 is 1. The number of sulfone groups is 1. The first-order chi connectivity index (χ1) is 13.5. The molecule has 0 amide bonds. The number of ether oxygens (including phenoxy) is 2. The number of hydrogen-bond acceptors (Lipinski definition) is 6. The fourth-order valence-corrected chi connectivity index (χ4v) is 4.04. The minimum Gasteiger partial charge on any atom is -0.497 e. The number of benzene rings is 2. The van der Waals surface area contributed by atoms with Gasteiger partial charge in [-0.2, -0.15) is 5.10 Å². The zero-order valence-electron chi connectivity index (χ0n) is 15.5. The first kappa shape index (κ1) is 19.6. The molecule has 7 nitrogen and oxygen atoms in total. The van der Waals surface area contributed by atoms with Gasteiger partial charge in [-0.1, -0.05) is 30.3 Å². The highest BCUT2D eigenvalue weighted by molar-refractivity contribution is 7.91. The van der Waals surface area contributed by atoms with Crippen LogP contribution in [0.15, 0.2) is 70.7 Å². The molecule has 3 aromatic rings. The Morgan fingerprint density at radius 1 is 1.07 bits per heavy atom. The number of esters is 1. The van der Waals surface area contributed by atoms with E-state index in [1.165, 1.54) is 23.0 Å². The highest BCUT2D eigenvalue weighted by Gasteiger charge is 2.29. The number of rotatable bonds is 7. The molecule has 28 heavy (non-hydrogen) atoms. The highest BCUT2D eigenvalue weighted by Crippen LogP contribution is 2.24. The van der Waals surface area contributed by atoms with Gasteiger partial charge in [-0.05, 0) is 36.8 Å². The average molecular weight is 400 g/mol. The number of hydrogen-bond donors (Lipinski definition) is 0. The number of carbonyl (C=O) groups is 1. The molecule has 0 fully saturated rings. The van der Waals surface area contributed by atoms with Gasteiger partial charge >= 0.3 is 5.97 Å². The molecule has 0 aliphatic carbocycles. The summed E-state index contributed by atoms with van der Waals surface area (Å²) in [6.07, 6.45) is 1.40. The van der Waals surface area contributed by atoms with Crippen LogP contribution >= 0.6 is 0 Å². The second kappa shape index (κ2) is 8.26. The smallest absolute Gasteiger partial charge is 0.342 e. The fourth-order valence-electron chi connectivity index (χ4n) is 2.66. The maximum atomic E-state index is 13.0. The van der Waals surface area contributed by atoms with Crippen LogP contribution in [-0.4, -0.2) is 37.9 Å². The predicted octanol–water partition coefficient (Wildman–Crippen LogP) is 2.95. The third-order valence-corrected chi connectivity index (χ3v) is 5.74. The standard InChI is InChI=1S/C20H20N2O5S/c1-3-27-20(23)18-14-22(13-15-9-11-16(26-2)12-10-15)21-19(18)28(24,25)17-7-5-4-6-8-17/h4-12,14H,3,13H2,1-2H3. The Morgan fingerprint density at radius 3 is 2.36 bits per heavy atom. The van der Waals surface area contributed by atoms with E-state index in [1.807, 2.05) is 12.1 Å². The van der Waals surface area contributed by atoms with E-state index >= 15 is 0 Å². The van der Waals surface area contributed by atoms with Crippen molar-refractivity contribution in [1.29, 1.82) is 0 Å². The number of nitrogens with zero attached hydrogens (tertiary/aromatic N) is 2. The molecule has 0 unspecified atom stereocenters. The van der Waals surface area contributed by atoms with Gasteiger partial charge in [0.15, 0.2) is 5.03 Å². The number of carbonyl (C=O) groups excluding carboxylic acids is 1. The first-order valence-electron chi connectivity index (χ1n) is 8.63. The van der Waals surface area contributed by atoms with Gasteiger partial charge in [0.1, 0.15) is 11.3 Å². The molecule has 0 N–H and O–H groups in total. The lowest BCUT2D eigenvalue weighted by Crippen LogP contribution is -2.11. The monoisotopic (exact) mass is 400 g/mol. The van der Waals surface area contributed by atoms with Crippen LogP contribution in [0.1, 0.15) is 22.8 Å². The summed E-state index contributed by atoms with van der Waals surface area (Å²) < 4.78 is 37.6. The molecule has 0 saturated heterocycles. The van der Waals surface area contributed by atoms with Gasteiger partial charge in [0, 0.05) is 6.20 Å². The van der Waals surface area contributed by atoms with Crippen molar-refractivity contribution in [2.75, 3.05) is 13.7 Å². The van der Waals surface area contributed by atoms with Crippen LogP contribution in [-0.2, 0) is 21.1 Å². The number of aromatic nitrogens is 2. The van der Waals surface area contributed by atoms with Crippen molar-refractivity contribution in [3.63, 3.8) is 0 Å². The molecule has 0 aliphatic rings. The third kappa shape index (κ3) is 4.07. The van der Waals surface area contributed by atoms with Gasteiger partial charge < -0.3 is 9.47 Å². The first-order valence-corrected chi connectivity index (χ1v) is 10.1. The molecule has 0 aliphatic heterocycles. The quantitative estimate of drug-likeness (QED) is 0.567. The molecular formula is C20H20N2O5S. The summed E-state index contributed by atoms with van der Waals surface area (Å²) in [4.78, 5) is 12.4. The van der Waals surface area contributed by atoms with Crippen molar-refractivity contribution in [2.45, 2.75) is 23.4 Å². The molecule has 146 valence electrons. The van der Waals surface area contributed by atoms with E-state index in [0.29, 0.717) is 12.3 Å². The van der Waals surface area contributed by atoms with Crippen LogP contribution in [0.25, 0.3) is 0 Å². The topological polar surface area (TPSA) is 87.5 Å². The van der Waals surface area contributed by atoms with Crippen molar-refractivity contribution in [3.05, 3.63) is 71.9 Å². The molecule has 0 saturated carbocycles. The second-order valence-electron chi connectivity index (χ2n) is 5.93. The SMILES string of the molecule is CCOC(=O)c1cn(Cc2ccc(OC)cc2)nc1S(=O)(=O)c1ccccc1. The van der Waals surface area contributed by atoms with E-state index in [4.69, 9.17) is 9.47 Å².